The third-order valence-corrected chi connectivity index (χ3v) is 5.51. The van der Waals surface area contributed by atoms with Gasteiger partial charge in [0.05, 0.1) is 16.6 Å². The molecular formula is C23H15ClN2O3. The molecule has 5 rings (SSSR count). The summed E-state index contributed by atoms with van der Waals surface area (Å²) in [4.78, 5) is 32.7. The van der Waals surface area contributed by atoms with E-state index in [1.54, 1.807) is 53.6 Å². The molecule has 0 fully saturated rings. The molecule has 4 aromatic rings. The van der Waals surface area contributed by atoms with Crippen LogP contribution in [0.2, 0.25) is 5.02 Å². The maximum absolute atomic E-state index is 13.3. The van der Waals surface area contributed by atoms with Crippen molar-refractivity contribution < 1.29 is 9.21 Å². The molecule has 0 N–H and O–H groups in total. The maximum atomic E-state index is 13.3. The third kappa shape index (κ3) is 2.82. The number of fused-ring (bicyclic) bond motifs is 2. The Labute approximate surface area is 171 Å². The van der Waals surface area contributed by atoms with Gasteiger partial charge in [-0.3, -0.25) is 14.6 Å². The molecule has 1 aliphatic rings. The van der Waals surface area contributed by atoms with Crippen LogP contribution in [0.4, 0.5) is 0 Å². The first-order valence-electron chi connectivity index (χ1n) is 9.16. The molecular weight excluding hydrogens is 388 g/mol. The predicted molar refractivity (Wildman–Crippen MR) is 110 cm³/mol. The van der Waals surface area contributed by atoms with Gasteiger partial charge in [-0.15, -0.1) is 0 Å². The molecule has 1 aliphatic heterocycles. The molecule has 1 amide bonds. The maximum Gasteiger partial charge on any atom is 0.291 e. The zero-order valence-electron chi connectivity index (χ0n) is 15.2. The summed E-state index contributed by atoms with van der Waals surface area (Å²) in [6, 6.07) is 19.1. The summed E-state index contributed by atoms with van der Waals surface area (Å²) in [6.45, 7) is 0.236. The fourth-order valence-corrected chi connectivity index (χ4v) is 3.98. The second kappa shape index (κ2) is 6.87. The highest BCUT2D eigenvalue weighted by molar-refractivity contribution is 6.31. The van der Waals surface area contributed by atoms with Gasteiger partial charge in [0, 0.05) is 17.8 Å². The van der Waals surface area contributed by atoms with E-state index in [9.17, 15) is 9.59 Å². The van der Waals surface area contributed by atoms with Crippen LogP contribution in [-0.4, -0.2) is 15.8 Å². The van der Waals surface area contributed by atoms with Gasteiger partial charge >= 0.3 is 0 Å². The van der Waals surface area contributed by atoms with E-state index >= 15 is 0 Å². The number of benzene rings is 2. The smallest absolute Gasteiger partial charge is 0.291 e. The minimum atomic E-state index is -0.643. The van der Waals surface area contributed by atoms with E-state index in [0.29, 0.717) is 27.2 Å². The van der Waals surface area contributed by atoms with Crippen molar-refractivity contribution >= 4 is 28.5 Å². The van der Waals surface area contributed by atoms with Crippen LogP contribution >= 0.6 is 11.6 Å². The van der Waals surface area contributed by atoms with Crippen molar-refractivity contribution in [2.24, 2.45) is 0 Å². The van der Waals surface area contributed by atoms with E-state index in [1.165, 1.54) is 0 Å². The van der Waals surface area contributed by atoms with Crippen molar-refractivity contribution in [2.75, 3.05) is 0 Å². The van der Waals surface area contributed by atoms with Crippen molar-refractivity contribution in [2.45, 2.75) is 12.6 Å². The van der Waals surface area contributed by atoms with Crippen LogP contribution in [0.5, 0.6) is 0 Å². The summed E-state index contributed by atoms with van der Waals surface area (Å²) in [7, 11) is 0. The van der Waals surface area contributed by atoms with E-state index in [1.807, 2.05) is 24.3 Å². The topological polar surface area (TPSA) is 63.4 Å². The van der Waals surface area contributed by atoms with E-state index in [2.05, 4.69) is 4.98 Å². The van der Waals surface area contributed by atoms with Crippen molar-refractivity contribution in [1.29, 1.82) is 0 Å². The molecule has 0 saturated carbocycles. The summed E-state index contributed by atoms with van der Waals surface area (Å²) in [6.07, 6.45) is 1.65. The molecule has 5 nitrogen and oxygen atoms in total. The first-order valence-corrected chi connectivity index (χ1v) is 9.54. The Balaban J connectivity index is 1.74. The van der Waals surface area contributed by atoms with Gasteiger partial charge in [-0.2, -0.15) is 0 Å². The van der Waals surface area contributed by atoms with Crippen LogP contribution < -0.4 is 5.43 Å². The lowest BCUT2D eigenvalue weighted by Gasteiger charge is -2.24. The number of para-hydroxylation sites is 1. The van der Waals surface area contributed by atoms with Crippen LogP contribution in [0.1, 0.15) is 33.4 Å². The lowest BCUT2D eigenvalue weighted by Crippen LogP contribution is -2.29. The molecule has 0 spiro atoms. The molecule has 142 valence electrons. The molecule has 0 saturated heterocycles. The molecule has 3 heterocycles. The third-order valence-electron chi connectivity index (χ3n) is 5.14. The number of amides is 1. The molecule has 2 aromatic carbocycles. The fourth-order valence-electron chi connectivity index (χ4n) is 3.79. The Morgan fingerprint density at radius 1 is 0.966 bits per heavy atom. The normalized spacial score (nSPS) is 15.7. The van der Waals surface area contributed by atoms with Crippen LogP contribution in [0.25, 0.3) is 11.0 Å². The summed E-state index contributed by atoms with van der Waals surface area (Å²) in [5, 5.41) is 1.00. The standard InChI is InChI=1S/C23H15ClN2O3/c24-16-9-3-1-7-14(16)13-26-20(17-10-5-6-12-25-17)19-21(27)15-8-2-4-11-18(15)29-22(19)23(26)28/h1-12,20H,13H2. The minimum Gasteiger partial charge on any atom is -0.450 e. The lowest BCUT2D eigenvalue weighted by atomic mass is 10.0. The van der Waals surface area contributed by atoms with Crippen molar-refractivity contribution in [3.63, 3.8) is 0 Å². The average molecular weight is 403 g/mol. The molecule has 2 aromatic heterocycles. The van der Waals surface area contributed by atoms with Crippen molar-refractivity contribution in [3.05, 3.63) is 111 Å². The lowest BCUT2D eigenvalue weighted by molar-refractivity contribution is 0.0712. The van der Waals surface area contributed by atoms with Crippen LogP contribution in [0.15, 0.2) is 82.1 Å². The number of hydrogen-bond acceptors (Lipinski definition) is 4. The monoisotopic (exact) mass is 402 g/mol. The van der Waals surface area contributed by atoms with Gasteiger partial charge in [0.2, 0.25) is 5.76 Å². The number of nitrogens with zero attached hydrogens (tertiary/aromatic N) is 2. The second-order valence-electron chi connectivity index (χ2n) is 6.85. The Kier molecular flexibility index (Phi) is 4.18. The van der Waals surface area contributed by atoms with Gasteiger partial charge in [-0.05, 0) is 35.9 Å². The Hall–Kier alpha value is -3.44. The highest BCUT2D eigenvalue weighted by Crippen LogP contribution is 2.38. The van der Waals surface area contributed by atoms with Crippen LogP contribution in [-0.2, 0) is 6.54 Å². The number of pyridine rings is 1. The van der Waals surface area contributed by atoms with Crippen molar-refractivity contribution in [3.8, 4) is 0 Å². The average Bonchev–Trinajstić information content (AvgIpc) is 3.03. The molecule has 0 radical (unpaired) electrons. The first-order chi connectivity index (χ1) is 14.1. The van der Waals surface area contributed by atoms with E-state index in [0.717, 1.165) is 5.56 Å². The van der Waals surface area contributed by atoms with E-state index in [4.69, 9.17) is 16.0 Å². The number of aromatic nitrogens is 1. The largest absolute Gasteiger partial charge is 0.450 e. The van der Waals surface area contributed by atoms with Crippen molar-refractivity contribution in [1.82, 2.24) is 9.88 Å². The quantitative estimate of drug-likeness (QED) is 0.503. The molecule has 1 atom stereocenters. The Morgan fingerprint density at radius 3 is 2.52 bits per heavy atom. The second-order valence-corrected chi connectivity index (χ2v) is 7.26. The molecule has 0 aliphatic carbocycles. The van der Waals surface area contributed by atoms with E-state index < -0.39 is 6.04 Å². The Bertz CT molecular complexity index is 1300. The summed E-state index contributed by atoms with van der Waals surface area (Å²) in [5.41, 5.74) is 1.89. The fraction of sp³-hybridized carbons (Fsp3) is 0.0870. The van der Waals surface area contributed by atoms with Crippen LogP contribution in [0.3, 0.4) is 0 Å². The van der Waals surface area contributed by atoms with Crippen LogP contribution in [0, 0.1) is 0 Å². The van der Waals surface area contributed by atoms with Gasteiger partial charge < -0.3 is 9.32 Å². The zero-order valence-corrected chi connectivity index (χ0v) is 16.0. The Morgan fingerprint density at radius 2 is 1.72 bits per heavy atom. The summed E-state index contributed by atoms with van der Waals surface area (Å²) >= 11 is 6.33. The highest BCUT2D eigenvalue weighted by atomic mass is 35.5. The molecule has 1 unspecified atom stereocenters. The van der Waals surface area contributed by atoms with E-state index in [-0.39, 0.29) is 23.6 Å². The van der Waals surface area contributed by atoms with Gasteiger partial charge in [0.25, 0.3) is 5.91 Å². The number of halogens is 1. The number of carbonyl (C=O) groups excluding carboxylic acids is 1. The van der Waals surface area contributed by atoms with Gasteiger partial charge in [-0.25, -0.2) is 0 Å². The first kappa shape index (κ1) is 17.6. The SMILES string of the molecule is O=C1c2oc3ccccc3c(=O)c2C(c2ccccn2)N1Cc1ccccc1Cl. The number of carbonyl (C=O) groups is 1. The minimum absolute atomic E-state index is 0.0661. The summed E-state index contributed by atoms with van der Waals surface area (Å²) in [5.74, 6) is -0.283. The molecule has 29 heavy (non-hydrogen) atoms. The molecule has 6 heteroatoms. The van der Waals surface area contributed by atoms with Gasteiger partial charge in [-0.1, -0.05) is 48.0 Å². The summed E-state index contributed by atoms with van der Waals surface area (Å²) < 4.78 is 5.90. The molecule has 0 bridgehead atoms. The van der Waals surface area contributed by atoms with Gasteiger partial charge in [0.15, 0.2) is 5.43 Å². The predicted octanol–water partition coefficient (Wildman–Crippen LogP) is 4.59. The number of rotatable bonds is 3. The van der Waals surface area contributed by atoms with Gasteiger partial charge in [0.1, 0.15) is 11.6 Å². The zero-order chi connectivity index (χ0) is 20.0. The number of hydrogen-bond donors (Lipinski definition) is 0. The highest BCUT2D eigenvalue weighted by Gasteiger charge is 2.43.